The van der Waals surface area contributed by atoms with Crippen LogP contribution in [0.3, 0.4) is 0 Å². The minimum Gasteiger partial charge on any atom is -0.150 e. The van der Waals surface area contributed by atoms with Gasteiger partial charge in [0.25, 0.3) is 0 Å². The molecule has 1 aromatic rings. The molecular formula is C11H16Cl2Si. The van der Waals surface area contributed by atoms with E-state index in [1.54, 1.807) is 0 Å². The molecular weight excluding hydrogens is 231 g/mol. The molecule has 0 saturated carbocycles. The second kappa shape index (κ2) is 5.20. The molecule has 1 aromatic carbocycles. The van der Waals surface area contributed by atoms with Gasteiger partial charge in [0, 0.05) is 0 Å². The summed E-state index contributed by atoms with van der Waals surface area (Å²) in [5, 5.41) is 0. The quantitative estimate of drug-likeness (QED) is 0.556. The lowest BCUT2D eigenvalue weighted by molar-refractivity contribution is 0.505. The highest BCUT2D eigenvalue weighted by atomic mass is 35.7. The van der Waals surface area contributed by atoms with Crippen LogP contribution in [0.4, 0.5) is 0 Å². The van der Waals surface area contributed by atoms with Crippen molar-refractivity contribution in [2.45, 2.75) is 31.7 Å². The fraction of sp³-hybridized carbons (Fsp3) is 0.455. The number of benzene rings is 1. The molecule has 0 N–H and O–H groups in total. The molecule has 0 atom stereocenters. The molecule has 1 rings (SSSR count). The molecule has 0 fully saturated rings. The van der Waals surface area contributed by atoms with Crippen LogP contribution in [0.15, 0.2) is 30.3 Å². The van der Waals surface area contributed by atoms with E-state index in [4.69, 9.17) is 22.2 Å². The molecule has 3 heteroatoms. The van der Waals surface area contributed by atoms with Crippen LogP contribution in [0.25, 0.3) is 0 Å². The maximum Gasteiger partial charge on any atom is 0.237 e. The average Bonchev–Trinajstić information content (AvgIpc) is 2.16. The zero-order valence-corrected chi connectivity index (χ0v) is 11.3. The largest absolute Gasteiger partial charge is 0.237 e. The fourth-order valence-corrected chi connectivity index (χ4v) is 3.10. The Labute approximate surface area is 97.3 Å². The number of halogens is 2. The molecule has 78 valence electrons. The summed E-state index contributed by atoms with van der Waals surface area (Å²) >= 11 is 11.8. The molecule has 0 aliphatic heterocycles. The number of rotatable bonds is 4. The summed E-state index contributed by atoms with van der Waals surface area (Å²) in [5.41, 5.74) is 1.55. The lowest BCUT2D eigenvalue weighted by Gasteiger charge is -2.25. The number of hydrogen-bond donors (Lipinski definition) is 0. The molecule has 0 nitrogen and oxygen atoms in total. The van der Waals surface area contributed by atoms with E-state index in [1.165, 1.54) is 5.56 Å². The van der Waals surface area contributed by atoms with Crippen molar-refractivity contribution in [3.05, 3.63) is 35.9 Å². The van der Waals surface area contributed by atoms with Gasteiger partial charge < -0.3 is 0 Å². The first-order valence-electron chi connectivity index (χ1n) is 4.86. The molecule has 0 heterocycles. The van der Waals surface area contributed by atoms with E-state index in [-0.39, 0.29) is 5.41 Å². The third-order valence-corrected chi connectivity index (χ3v) is 4.58. The second-order valence-corrected chi connectivity index (χ2v) is 9.37. The van der Waals surface area contributed by atoms with E-state index in [0.717, 1.165) is 12.5 Å². The van der Waals surface area contributed by atoms with Gasteiger partial charge in [0.15, 0.2) is 0 Å². The van der Waals surface area contributed by atoms with Gasteiger partial charge in [-0.25, -0.2) is 0 Å². The molecule has 0 radical (unpaired) electrons. The molecule has 0 aliphatic rings. The molecule has 0 amide bonds. The van der Waals surface area contributed by atoms with Crippen molar-refractivity contribution in [1.29, 1.82) is 0 Å². The molecule has 0 spiro atoms. The lowest BCUT2D eigenvalue weighted by Crippen LogP contribution is -2.18. The average molecular weight is 247 g/mol. The van der Waals surface area contributed by atoms with Crippen molar-refractivity contribution in [1.82, 2.24) is 0 Å². The van der Waals surface area contributed by atoms with E-state index >= 15 is 0 Å². The summed E-state index contributed by atoms with van der Waals surface area (Å²) in [5.74, 6) is 0. The fourth-order valence-electron chi connectivity index (χ4n) is 1.50. The molecule has 0 saturated heterocycles. The van der Waals surface area contributed by atoms with E-state index in [1.807, 2.05) is 6.07 Å². The Kier molecular flexibility index (Phi) is 4.49. The molecule has 0 unspecified atom stereocenters. The SMILES string of the molecule is CC(C)(CC[SiH](Cl)Cl)c1ccccc1. The van der Waals surface area contributed by atoms with Crippen LogP contribution >= 0.6 is 22.2 Å². The van der Waals surface area contributed by atoms with Crippen molar-refractivity contribution in [2.75, 3.05) is 0 Å². The normalized spacial score (nSPS) is 12.1. The monoisotopic (exact) mass is 246 g/mol. The Morgan fingerprint density at radius 3 is 2.21 bits per heavy atom. The standard InChI is InChI=1S/C11H16Cl2Si/c1-11(2,8-9-14(12)13)10-6-4-3-5-7-10/h3-7,14H,8-9H2,1-2H3. The van der Waals surface area contributed by atoms with Gasteiger partial charge in [0.05, 0.1) is 0 Å². The first-order valence-corrected chi connectivity index (χ1v) is 9.17. The molecule has 0 bridgehead atoms. The van der Waals surface area contributed by atoms with Crippen LogP contribution < -0.4 is 0 Å². The topological polar surface area (TPSA) is 0 Å². The van der Waals surface area contributed by atoms with Crippen LogP contribution in [-0.4, -0.2) is 7.42 Å². The van der Waals surface area contributed by atoms with Crippen LogP contribution in [0.2, 0.25) is 6.04 Å². The summed E-state index contributed by atoms with van der Waals surface area (Å²) in [6, 6.07) is 11.5. The Morgan fingerprint density at radius 1 is 1.14 bits per heavy atom. The predicted octanol–water partition coefficient (Wildman–Crippen LogP) is 4.05. The van der Waals surface area contributed by atoms with E-state index in [0.29, 0.717) is 0 Å². The molecule has 14 heavy (non-hydrogen) atoms. The highest BCUT2D eigenvalue weighted by molar-refractivity contribution is 7.33. The smallest absolute Gasteiger partial charge is 0.150 e. The number of hydrogen-bond acceptors (Lipinski definition) is 0. The Morgan fingerprint density at radius 2 is 1.71 bits per heavy atom. The van der Waals surface area contributed by atoms with Crippen LogP contribution in [-0.2, 0) is 5.41 Å². The zero-order valence-electron chi connectivity index (χ0n) is 8.63. The van der Waals surface area contributed by atoms with Crippen molar-refractivity contribution in [2.24, 2.45) is 0 Å². The first kappa shape index (κ1) is 12.1. The highest BCUT2D eigenvalue weighted by Crippen LogP contribution is 2.29. The van der Waals surface area contributed by atoms with Crippen LogP contribution in [0, 0.1) is 0 Å². The maximum absolute atomic E-state index is 5.88. The van der Waals surface area contributed by atoms with Gasteiger partial charge in [-0.1, -0.05) is 44.2 Å². The maximum atomic E-state index is 5.88. The third-order valence-electron chi connectivity index (χ3n) is 2.54. The summed E-state index contributed by atoms with van der Waals surface area (Å²) in [4.78, 5) is 0. The second-order valence-electron chi connectivity index (χ2n) is 4.18. The van der Waals surface area contributed by atoms with E-state index < -0.39 is 7.42 Å². The van der Waals surface area contributed by atoms with Gasteiger partial charge in [0.2, 0.25) is 7.42 Å². The van der Waals surface area contributed by atoms with Crippen LogP contribution in [0.5, 0.6) is 0 Å². The minimum atomic E-state index is -1.45. The van der Waals surface area contributed by atoms with Crippen LogP contribution in [0.1, 0.15) is 25.8 Å². The van der Waals surface area contributed by atoms with Gasteiger partial charge in [-0.2, -0.15) is 22.2 Å². The van der Waals surface area contributed by atoms with Gasteiger partial charge in [-0.3, -0.25) is 0 Å². The van der Waals surface area contributed by atoms with Crippen molar-refractivity contribution in [3.8, 4) is 0 Å². The van der Waals surface area contributed by atoms with Gasteiger partial charge in [-0.15, -0.1) is 0 Å². The Hall–Kier alpha value is 0.0169. The van der Waals surface area contributed by atoms with Gasteiger partial charge in [-0.05, 0) is 23.4 Å². The van der Waals surface area contributed by atoms with Gasteiger partial charge >= 0.3 is 0 Å². The molecule has 0 aromatic heterocycles. The van der Waals surface area contributed by atoms with Crippen molar-refractivity contribution < 1.29 is 0 Å². The summed E-state index contributed by atoms with van der Waals surface area (Å²) in [6.07, 6.45) is 1.07. The summed E-state index contributed by atoms with van der Waals surface area (Å²) in [6.45, 7) is 4.49. The molecule has 0 aliphatic carbocycles. The predicted molar refractivity (Wildman–Crippen MR) is 67.7 cm³/mol. The first-order chi connectivity index (χ1) is 6.52. The highest BCUT2D eigenvalue weighted by Gasteiger charge is 2.21. The lowest BCUT2D eigenvalue weighted by atomic mass is 9.82. The minimum absolute atomic E-state index is 0.191. The van der Waals surface area contributed by atoms with Crippen molar-refractivity contribution >= 4 is 29.6 Å². The van der Waals surface area contributed by atoms with Gasteiger partial charge in [0.1, 0.15) is 0 Å². The van der Waals surface area contributed by atoms with E-state index in [2.05, 4.69) is 38.1 Å². The van der Waals surface area contributed by atoms with E-state index in [9.17, 15) is 0 Å². The summed E-state index contributed by atoms with van der Waals surface area (Å²) < 4.78 is 0. The zero-order chi connectivity index (χ0) is 10.6. The Bertz CT molecular complexity index is 270. The van der Waals surface area contributed by atoms with Crippen molar-refractivity contribution in [3.63, 3.8) is 0 Å². The third kappa shape index (κ3) is 3.64. The summed E-state index contributed by atoms with van der Waals surface area (Å²) in [7, 11) is -1.45. The Balaban J connectivity index is 2.66.